The molecule has 0 spiro atoms. The van der Waals surface area contributed by atoms with E-state index >= 15 is 0 Å². The van der Waals surface area contributed by atoms with Crippen LogP contribution in [0.5, 0.6) is 0 Å². The van der Waals surface area contributed by atoms with Gasteiger partial charge < -0.3 is 10.2 Å². The number of hydrogen-bond acceptors (Lipinski definition) is 3. The second-order valence-corrected chi connectivity index (χ2v) is 5.48. The first-order chi connectivity index (χ1) is 11.0. The Kier molecular flexibility index (Phi) is 5.16. The van der Waals surface area contributed by atoms with Gasteiger partial charge in [-0.1, -0.05) is 24.3 Å². The molecule has 0 saturated carbocycles. The summed E-state index contributed by atoms with van der Waals surface area (Å²) in [6.45, 7) is 1.95. The molecule has 0 aliphatic rings. The van der Waals surface area contributed by atoms with Crippen LogP contribution in [0.25, 0.3) is 6.08 Å². The molecule has 0 heterocycles. The molecule has 0 aliphatic carbocycles. The maximum Gasteiger partial charge on any atom is 0.266 e. The normalized spacial score (nSPS) is 10.8. The fraction of sp³-hybridized carbons (Fsp3) is 0.158. The van der Waals surface area contributed by atoms with Crippen LogP contribution in [-0.2, 0) is 4.79 Å². The Morgan fingerprint density at radius 1 is 1.17 bits per heavy atom. The van der Waals surface area contributed by atoms with E-state index in [-0.39, 0.29) is 5.57 Å². The summed E-state index contributed by atoms with van der Waals surface area (Å²) >= 11 is 0. The van der Waals surface area contributed by atoms with Gasteiger partial charge in [-0.15, -0.1) is 0 Å². The highest BCUT2D eigenvalue weighted by molar-refractivity contribution is 6.09. The summed E-state index contributed by atoms with van der Waals surface area (Å²) in [6, 6.07) is 17.1. The molecule has 23 heavy (non-hydrogen) atoms. The largest absolute Gasteiger partial charge is 0.378 e. The molecule has 2 aromatic rings. The Balaban J connectivity index is 2.18. The van der Waals surface area contributed by atoms with Crippen molar-refractivity contribution in [2.75, 3.05) is 24.3 Å². The van der Waals surface area contributed by atoms with Gasteiger partial charge in [0.05, 0.1) is 0 Å². The Labute approximate surface area is 136 Å². The van der Waals surface area contributed by atoms with Crippen LogP contribution in [0.2, 0.25) is 0 Å². The summed E-state index contributed by atoms with van der Waals surface area (Å²) in [4.78, 5) is 14.2. The van der Waals surface area contributed by atoms with Gasteiger partial charge in [0.1, 0.15) is 11.6 Å². The lowest BCUT2D eigenvalue weighted by molar-refractivity contribution is -0.112. The number of amides is 1. The Morgan fingerprint density at radius 3 is 2.43 bits per heavy atom. The summed E-state index contributed by atoms with van der Waals surface area (Å²) in [5.41, 5.74) is 3.67. The van der Waals surface area contributed by atoms with Crippen LogP contribution in [0.1, 0.15) is 11.1 Å². The number of anilines is 2. The number of aryl methyl sites for hydroxylation is 1. The first-order valence-electron chi connectivity index (χ1n) is 7.27. The molecular formula is C19H19N3O. The molecule has 0 saturated heterocycles. The number of nitrogens with one attached hydrogen (secondary N) is 1. The van der Waals surface area contributed by atoms with Gasteiger partial charge in [-0.2, -0.15) is 5.26 Å². The Hall–Kier alpha value is -3.06. The van der Waals surface area contributed by atoms with Gasteiger partial charge in [0.2, 0.25) is 0 Å². The summed E-state index contributed by atoms with van der Waals surface area (Å²) in [7, 11) is 3.92. The maximum absolute atomic E-state index is 12.2. The fourth-order valence-electron chi connectivity index (χ4n) is 2.11. The first-order valence-corrected chi connectivity index (χ1v) is 7.27. The topological polar surface area (TPSA) is 56.1 Å². The van der Waals surface area contributed by atoms with Crippen molar-refractivity contribution < 1.29 is 4.79 Å². The number of carbonyl (C=O) groups is 1. The van der Waals surface area contributed by atoms with Crippen LogP contribution in [0.3, 0.4) is 0 Å². The zero-order chi connectivity index (χ0) is 16.8. The van der Waals surface area contributed by atoms with Crippen molar-refractivity contribution in [1.29, 1.82) is 5.26 Å². The zero-order valence-electron chi connectivity index (χ0n) is 13.5. The summed E-state index contributed by atoms with van der Waals surface area (Å²) in [6.07, 6.45) is 1.59. The van der Waals surface area contributed by atoms with E-state index in [0.29, 0.717) is 5.69 Å². The number of hydrogen-bond donors (Lipinski definition) is 1. The van der Waals surface area contributed by atoms with Gasteiger partial charge in [0.15, 0.2) is 0 Å². The highest BCUT2D eigenvalue weighted by Crippen LogP contribution is 2.16. The molecule has 2 aromatic carbocycles. The monoisotopic (exact) mass is 305 g/mol. The van der Waals surface area contributed by atoms with E-state index in [0.717, 1.165) is 16.8 Å². The predicted molar refractivity (Wildman–Crippen MR) is 94.2 cm³/mol. The van der Waals surface area contributed by atoms with Crippen molar-refractivity contribution in [3.8, 4) is 6.07 Å². The SMILES string of the molecule is Cc1cccc(NC(=O)/C(C#N)=C\c2ccc(N(C)C)cc2)c1. The van der Waals surface area contributed by atoms with E-state index in [2.05, 4.69) is 5.32 Å². The molecule has 0 unspecified atom stereocenters. The molecule has 0 bridgehead atoms. The average molecular weight is 305 g/mol. The van der Waals surface area contributed by atoms with Crippen LogP contribution >= 0.6 is 0 Å². The standard InChI is InChI=1S/C19H19N3O/c1-14-5-4-6-17(11-14)21-19(23)16(13-20)12-15-7-9-18(10-8-15)22(2)3/h4-12H,1-3H3,(H,21,23)/b16-12-. The number of nitrogens with zero attached hydrogens (tertiary/aromatic N) is 2. The van der Waals surface area contributed by atoms with Crippen LogP contribution in [-0.4, -0.2) is 20.0 Å². The fourth-order valence-corrected chi connectivity index (χ4v) is 2.11. The number of carbonyl (C=O) groups excluding carboxylic acids is 1. The van der Waals surface area contributed by atoms with Gasteiger partial charge in [-0.3, -0.25) is 4.79 Å². The number of benzene rings is 2. The molecule has 4 nitrogen and oxygen atoms in total. The smallest absolute Gasteiger partial charge is 0.266 e. The summed E-state index contributed by atoms with van der Waals surface area (Å²) in [5.74, 6) is -0.408. The molecule has 2 rings (SSSR count). The molecule has 1 amide bonds. The molecule has 0 aromatic heterocycles. The molecule has 0 radical (unpaired) electrons. The number of rotatable bonds is 4. The molecule has 0 aliphatic heterocycles. The average Bonchev–Trinajstić information content (AvgIpc) is 2.53. The lowest BCUT2D eigenvalue weighted by Gasteiger charge is -2.12. The van der Waals surface area contributed by atoms with Crippen molar-refractivity contribution in [2.24, 2.45) is 0 Å². The molecular weight excluding hydrogens is 286 g/mol. The molecule has 116 valence electrons. The van der Waals surface area contributed by atoms with E-state index in [1.54, 1.807) is 12.1 Å². The summed E-state index contributed by atoms with van der Waals surface area (Å²) in [5, 5.41) is 12.0. The molecule has 0 atom stereocenters. The van der Waals surface area contributed by atoms with E-state index in [4.69, 9.17) is 0 Å². The van der Waals surface area contributed by atoms with Crippen LogP contribution in [0.15, 0.2) is 54.1 Å². The third kappa shape index (κ3) is 4.45. The minimum absolute atomic E-state index is 0.0732. The molecule has 4 heteroatoms. The van der Waals surface area contributed by atoms with E-state index in [9.17, 15) is 10.1 Å². The zero-order valence-corrected chi connectivity index (χ0v) is 13.5. The van der Waals surface area contributed by atoms with Crippen molar-refractivity contribution in [1.82, 2.24) is 0 Å². The maximum atomic E-state index is 12.2. The highest BCUT2D eigenvalue weighted by atomic mass is 16.1. The third-order valence-corrected chi connectivity index (χ3v) is 3.36. The van der Waals surface area contributed by atoms with E-state index in [1.165, 1.54) is 0 Å². The highest BCUT2D eigenvalue weighted by Gasteiger charge is 2.09. The number of nitriles is 1. The van der Waals surface area contributed by atoms with Crippen molar-refractivity contribution in [3.05, 3.63) is 65.2 Å². The molecule has 1 N–H and O–H groups in total. The van der Waals surface area contributed by atoms with Gasteiger partial charge in [0, 0.05) is 25.5 Å². The quantitative estimate of drug-likeness (QED) is 0.693. The van der Waals surface area contributed by atoms with E-state index < -0.39 is 5.91 Å². The lowest BCUT2D eigenvalue weighted by Crippen LogP contribution is -2.13. The van der Waals surface area contributed by atoms with E-state index in [1.807, 2.05) is 74.5 Å². The van der Waals surface area contributed by atoms with Crippen LogP contribution < -0.4 is 10.2 Å². The van der Waals surface area contributed by atoms with Crippen LogP contribution in [0, 0.1) is 18.3 Å². The minimum Gasteiger partial charge on any atom is -0.378 e. The van der Waals surface area contributed by atoms with Crippen molar-refractivity contribution >= 4 is 23.4 Å². The van der Waals surface area contributed by atoms with Crippen molar-refractivity contribution in [3.63, 3.8) is 0 Å². The van der Waals surface area contributed by atoms with Crippen LogP contribution in [0.4, 0.5) is 11.4 Å². The van der Waals surface area contributed by atoms with Gasteiger partial charge in [-0.05, 0) is 48.4 Å². The Bertz CT molecular complexity index is 768. The third-order valence-electron chi connectivity index (χ3n) is 3.36. The second-order valence-electron chi connectivity index (χ2n) is 5.48. The predicted octanol–water partition coefficient (Wildman–Crippen LogP) is 3.61. The minimum atomic E-state index is -0.408. The molecule has 0 fully saturated rings. The van der Waals surface area contributed by atoms with Crippen molar-refractivity contribution in [2.45, 2.75) is 6.92 Å². The lowest BCUT2D eigenvalue weighted by atomic mass is 10.1. The Morgan fingerprint density at radius 2 is 1.87 bits per heavy atom. The van der Waals surface area contributed by atoms with Gasteiger partial charge >= 0.3 is 0 Å². The van der Waals surface area contributed by atoms with Gasteiger partial charge in [0.25, 0.3) is 5.91 Å². The summed E-state index contributed by atoms with van der Waals surface area (Å²) < 4.78 is 0. The van der Waals surface area contributed by atoms with Gasteiger partial charge in [-0.25, -0.2) is 0 Å². The first kappa shape index (κ1) is 16.3. The second kappa shape index (κ2) is 7.28.